The topological polar surface area (TPSA) is 92.6 Å². The molecule has 2 amide bonds. The van der Waals surface area contributed by atoms with E-state index in [-0.39, 0.29) is 41.6 Å². The molecular weight excluding hydrogens is 423 g/mol. The van der Waals surface area contributed by atoms with Crippen LogP contribution in [0.25, 0.3) is 5.65 Å². The number of hydrogen-bond acceptors (Lipinski definition) is 4. The molecule has 0 saturated heterocycles. The minimum Gasteiger partial charge on any atom is -0.348 e. The SMILES string of the molecule is O=C(CCc1ccccc1)Nc1cnc2c(C(=O)NCc3ccc(F)cc3)cccn2c1=O. The first-order valence-electron chi connectivity index (χ1n) is 10.4. The van der Waals surface area contributed by atoms with Gasteiger partial charge in [0.05, 0.1) is 11.8 Å². The molecule has 0 aliphatic carbocycles. The maximum Gasteiger partial charge on any atom is 0.281 e. The van der Waals surface area contributed by atoms with E-state index in [9.17, 15) is 18.8 Å². The van der Waals surface area contributed by atoms with Gasteiger partial charge in [-0.15, -0.1) is 0 Å². The second-order valence-electron chi connectivity index (χ2n) is 7.44. The average molecular weight is 444 g/mol. The lowest BCUT2D eigenvalue weighted by Gasteiger charge is -2.10. The molecule has 0 fully saturated rings. The number of hydrogen-bond donors (Lipinski definition) is 2. The third kappa shape index (κ3) is 5.30. The Labute approximate surface area is 188 Å². The molecule has 2 heterocycles. The maximum absolute atomic E-state index is 13.0. The van der Waals surface area contributed by atoms with Gasteiger partial charge in [-0.3, -0.25) is 18.8 Å². The maximum atomic E-state index is 13.0. The van der Waals surface area contributed by atoms with Crippen LogP contribution < -0.4 is 16.2 Å². The van der Waals surface area contributed by atoms with E-state index in [0.29, 0.717) is 6.42 Å². The molecule has 0 spiro atoms. The molecule has 0 atom stereocenters. The average Bonchev–Trinajstić information content (AvgIpc) is 2.84. The number of benzene rings is 2. The minimum atomic E-state index is -0.485. The molecule has 4 rings (SSSR count). The van der Waals surface area contributed by atoms with Crippen molar-refractivity contribution in [2.45, 2.75) is 19.4 Å². The normalized spacial score (nSPS) is 10.7. The van der Waals surface area contributed by atoms with Gasteiger partial charge in [-0.25, -0.2) is 9.37 Å². The van der Waals surface area contributed by atoms with Gasteiger partial charge < -0.3 is 10.6 Å². The Morgan fingerprint density at radius 2 is 1.70 bits per heavy atom. The van der Waals surface area contributed by atoms with Crippen LogP contribution in [0.4, 0.5) is 10.1 Å². The highest BCUT2D eigenvalue weighted by atomic mass is 19.1. The lowest BCUT2D eigenvalue weighted by molar-refractivity contribution is -0.116. The Morgan fingerprint density at radius 3 is 2.45 bits per heavy atom. The zero-order valence-corrected chi connectivity index (χ0v) is 17.6. The first kappa shape index (κ1) is 21.9. The smallest absolute Gasteiger partial charge is 0.281 e. The Bertz CT molecular complexity index is 1350. The largest absolute Gasteiger partial charge is 0.348 e. The second-order valence-corrected chi connectivity index (χ2v) is 7.44. The van der Waals surface area contributed by atoms with Crippen LogP contribution in [0.3, 0.4) is 0 Å². The van der Waals surface area contributed by atoms with E-state index in [1.807, 2.05) is 30.3 Å². The molecule has 33 heavy (non-hydrogen) atoms. The third-order valence-corrected chi connectivity index (χ3v) is 5.10. The van der Waals surface area contributed by atoms with Crippen LogP contribution in [0.2, 0.25) is 0 Å². The fourth-order valence-electron chi connectivity index (χ4n) is 3.36. The third-order valence-electron chi connectivity index (χ3n) is 5.10. The van der Waals surface area contributed by atoms with Crippen molar-refractivity contribution in [2.24, 2.45) is 0 Å². The van der Waals surface area contributed by atoms with Crippen molar-refractivity contribution in [2.75, 3.05) is 5.32 Å². The van der Waals surface area contributed by atoms with Crippen LogP contribution in [0.5, 0.6) is 0 Å². The van der Waals surface area contributed by atoms with E-state index >= 15 is 0 Å². The number of nitrogens with zero attached hydrogens (tertiary/aromatic N) is 2. The van der Waals surface area contributed by atoms with Crippen LogP contribution in [0, 0.1) is 5.82 Å². The zero-order chi connectivity index (χ0) is 23.2. The summed E-state index contributed by atoms with van der Waals surface area (Å²) in [5.41, 5.74) is 1.68. The lowest BCUT2D eigenvalue weighted by Crippen LogP contribution is -2.27. The molecule has 0 saturated carbocycles. The van der Waals surface area contributed by atoms with E-state index in [4.69, 9.17) is 0 Å². The van der Waals surface area contributed by atoms with Crippen molar-refractivity contribution >= 4 is 23.1 Å². The molecule has 7 nitrogen and oxygen atoms in total. The molecule has 2 aromatic heterocycles. The first-order valence-corrected chi connectivity index (χ1v) is 10.4. The molecule has 0 unspecified atom stereocenters. The van der Waals surface area contributed by atoms with Gasteiger partial charge in [0.25, 0.3) is 11.5 Å². The summed E-state index contributed by atoms with van der Waals surface area (Å²) < 4.78 is 14.3. The summed E-state index contributed by atoms with van der Waals surface area (Å²) in [5.74, 6) is -1.08. The van der Waals surface area contributed by atoms with Crippen molar-refractivity contribution in [1.29, 1.82) is 0 Å². The number of carbonyl (C=O) groups excluding carboxylic acids is 2. The Morgan fingerprint density at radius 1 is 0.939 bits per heavy atom. The molecule has 0 bridgehead atoms. The summed E-state index contributed by atoms with van der Waals surface area (Å²) in [6.45, 7) is 0.194. The fraction of sp³-hybridized carbons (Fsp3) is 0.120. The quantitative estimate of drug-likeness (QED) is 0.457. The van der Waals surface area contributed by atoms with Gasteiger partial charge in [0.2, 0.25) is 5.91 Å². The molecule has 8 heteroatoms. The zero-order valence-electron chi connectivity index (χ0n) is 17.6. The van der Waals surface area contributed by atoms with E-state index in [1.54, 1.807) is 24.3 Å². The van der Waals surface area contributed by atoms with Crippen molar-refractivity contribution in [1.82, 2.24) is 14.7 Å². The van der Waals surface area contributed by atoms with Gasteiger partial charge in [-0.2, -0.15) is 0 Å². The summed E-state index contributed by atoms with van der Waals surface area (Å²) in [6, 6.07) is 18.5. The van der Waals surface area contributed by atoms with E-state index in [1.165, 1.54) is 28.9 Å². The molecule has 4 aromatic rings. The number of anilines is 1. The molecular formula is C25H21FN4O3. The number of carbonyl (C=O) groups is 2. The van der Waals surface area contributed by atoms with Crippen LogP contribution >= 0.6 is 0 Å². The number of pyridine rings is 1. The van der Waals surface area contributed by atoms with Gasteiger partial charge in [-0.1, -0.05) is 42.5 Å². The number of fused-ring (bicyclic) bond motifs is 1. The molecule has 166 valence electrons. The highest BCUT2D eigenvalue weighted by Crippen LogP contribution is 2.11. The lowest BCUT2D eigenvalue weighted by atomic mass is 10.1. The van der Waals surface area contributed by atoms with Gasteiger partial charge in [0.1, 0.15) is 11.5 Å². The van der Waals surface area contributed by atoms with E-state index in [0.717, 1.165) is 11.1 Å². The fourth-order valence-corrected chi connectivity index (χ4v) is 3.36. The van der Waals surface area contributed by atoms with E-state index in [2.05, 4.69) is 15.6 Å². The molecule has 2 N–H and O–H groups in total. The highest BCUT2D eigenvalue weighted by molar-refractivity contribution is 5.99. The monoisotopic (exact) mass is 444 g/mol. The number of nitrogens with one attached hydrogen (secondary N) is 2. The van der Waals surface area contributed by atoms with Crippen LogP contribution in [0.15, 0.2) is 83.9 Å². The van der Waals surface area contributed by atoms with Crippen molar-refractivity contribution < 1.29 is 14.0 Å². The Hall–Kier alpha value is -4.33. The molecule has 0 aliphatic heterocycles. The Kier molecular flexibility index (Phi) is 6.54. The summed E-state index contributed by atoms with van der Waals surface area (Å²) in [4.78, 5) is 42.1. The first-order chi connectivity index (χ1) is 16.0. The van der Waals surface area contributed by atoms with Crippen molar-refractivity contribution in [3.05, 3.63) is 112 Å². The van der Waals surface area contributed by atoms with Crippen molar-refractivity contribution in [3.63, 3.8) is 0 Å². The van der Waals surface area contributed by atoms with Crippen LogP contribution in [-0.4, -0.2) is 21.2 Å². The predicted octanol–water partition coefficient (Wildman–Crippen LogP) is 3.33. The number of aromatic nitrogens is 2. The van der Waals surface area contributed by atoms with Gasteiger partial charge in [0.15, 0.2) is 5.65 Å². The molecule has 0 radical (unpaired) electrons. The second kappa shape index (κ2) is 9.86. The molecule has 2 aromatic carbocycles. The summed E-state index contributed by atoms with van der Waals surface area (Å²) in [5, 5.41) is 5.35. The van der Waals surface area contributed by atoms with Crippen LogP contribution in [-0.2, 0) is 17.8 Å². The number of aryl methyl sites for hydroxylation is 1. The predicted molar refractivity (Wildman–Crippen MR) is 122 cm³/mol. The Balaban J connectivity index is 1.47. The van der Waals surface area contributed by atoms with Gasteiger partial charge in [0, 0.05) is 19.2 Å². The van der Waals surface area contributed by atoms with E-state index < -0.39 is 11.5 Å². The van der Waals surface area contributed by atoms with Gasteiger partial charge in [-0.05, 0) is 41.8 Å². The number of halogens is 1. The molecule has 0 aliphatic rings. The van der Waals surface area contributed by atoms with Crippen LogP contribution in [0.1, 0.15) is 27.9 Å². The highest BCUT2D eigenvalue weighted by Gasteiger charge is 2.15. The standard InChI is InChI=1S/C25H21FN4O3/c26-19-11-8-18(9-12-19)15-28-24(32)20-7-4-14-30-23(20)27-16-21(25(30)33)29-22(31)13-10-17-5-2-1-3-6-17/h1-9,11-12,14,16H,10,13,15H2,(H,28,32)(H,29,31). The summed E-state index contributed by atoms with van der Waals surface area (Å²) in [6.07, 6.45) is 3.52. The summed E-state index contributed by atoms with van der Waals surface area (Å²) in [7, 11) is 0. The number of rotatable bonds is 7. The van der Waals surface area contributed by atoms with Crippen molar-refractivity contribution in [3.8, 4) is 0 Å². The van der Waals surface area contributed by atoms with Gasteiger partial charge >= 0.3 is 0 Å². The number of amides is 2. The minimum absolute atomic E-state index is 0.0365. The summed E-state index contributed by atoms with van der Waals surface area (Å²) >= 11 is 0.